The number of Topliss-reactive ketones (excluding diaryl/α,β-unsaturated/α-hetero) is 1. The molecule has 5 rings (SSSR count). The second kappa shape index (κ2) is 8.12. The van der Waals surface area contributed by atoms with Crippen LogP contribution in [0.4, 0.5) is 10.1 Å². The molecule has 1 amide bonds. The molecule has 0 saturated carbocycles. The van der Waals surface area contributed by atoms with Crippen molar-refractivity contribution in [1.82, 2.24) is 0 Å². The Bertz CT molecular complexity index is 1360. The number of halogens is 2. The Labute approximate surface area is 200 Å². The van der Waals surface area contributed by atoms with Crippen molar-refractivity contribution in [2.24, 2.45) is 11.1 Å². The molecule has 2 heterocycles. The van der Waals surface area contributed by atoms with Gasteiger partial charge in [0.15, 0.2) is 11.2 Å². The van der Waals surface area contributed by atoms with E-state index in [1.807, 2.05) is 35.2 Å². The van der Waals surface area contributed by atoms with Crippen molar-refractivity contribution in [3.63, 3.8) is 0 Å². The van der Waals surface area contributed by atoms with E-state index in [1.165, 1.54) is 24.3 Å². The number of fused-ring (bicyclic) bond motifs is 3. The summed E-state index contributed by atoms with van der Waals surface area (Å²) in [4.78, 5) is 28.9. The number of benzene rings is 3. The molecular weight excluding hydrogens is 453 g/mol. The minimum absolute atomic E-state index is 0.292. The third-order valence-corrected chi connectivity index (χ3v) is 7.02. The number of primary amides is 1. The van der Waals surface area contributed by atoms with Gasteiger partial charge in [0.2, 0.25) is 5.91 Å². The van der Waals surface area contributed by atoms with Crippen LogP contribution >= 0.6 is 11.6 Å². The lowest BCUT2D eigenvalue weighted by Crippen LogP contribution is -2.49. The van der Waals surface area contributed by atoms with Crippen molar-refractivity contribution in [3.8, 4) is 6.07 Å². The molecule has 5 nitrogen and oxygen atoms in total. The normalized spacial score (nSPS) is 24.7. The molecule has 2 aliphatic rings. The van der Waals surface area contributed by atoms with Crippen LogP contribution in [0.1, 0.15) is 27.4 Å². The van der Waals surface area contributed by atoms with E-state index >= 15 is 0 Å². The number of carbonyl (C=O) groups is 2. The Morgan fingerprint density at radius 2 is 1.71 bits per heavy atom. The van der Waals surface area contributed by atoms with E-state index in [2.05, 4.69) is 6.07 Å². The van der Waals surface area contributed by atoms with E-state index in [0.717, 1.165) is 5.56 Å². The molecule has 3 aromatic rings. The van der Waals surface area contributed by atoms with Crippen LogP contribution < -0.4 is 10.6 Å². The van der Waals surface area contributed by atoms with Crippen LogP contribution in [-0.4, -0.2) is 23.8 Å². The maximum Gasteiger partial charge on any atom is 0.241 e. The molecule has 0 radical (unpaired) electrons. The number of ketones is 1. The zero-order chi connectivity index (χ0) is 24.0. The molecule has 34 heavy (non-hydrogen) atoms. The molecule has 1 saturated heterocycles. The van der Waals surface area contributed by atoms with Gasteiger partial charge in [0.05, 0.1) is 12.1 Å². The quantitative estimate of drug-likeness (QED) is 0.557. The van der Waals surface area contributed by atoms with Crippen molar-refractivity contribution in [3.05, 3.63) is 106 Å². The number of hydrogen-bond donors (Lipinski definition) is 1. The molecule has 0 unspecified atom stereocenters. The van der Waals surface area contributed by atoms with Crippen LogP contribution in [0, 0.1) is 22.6 Å². The zero-order valence-electron chi connectivity index (χ0n) is 17.9. The average Bonchev–Trinajstić information content (AvgIpc) is 3.16. The Hall–Kier alpha value is -3.95. The summed E-state index contributed by atoms with van der Waals surface area (Å²) >= 11 is 6.03. The first-order chi connectivity index (χ1) is 16.4. The van der Waals surface area contributed by atoms with Crippen molar-refractivity contribution in [1.29, 1.82) is 5.26 Å². The largest absolute Gasteiger partial charge is 0.368 e. The fraction of sp³-hybridized carbons (Fsp3) is 0.148. The van der Waals surface area contributed by atoms with E-state index in [1.54, 1.807) is 30.3 Å². The molecule has 0 bridgehead atoms. The summed E-state index contributed by atoms with van der Waals surface area (Å²) in [7, 11) is 0. The third kappa shape index (κ3) is 3.12. The number of nitrogens with two attached hydrogens (primary N) is 1. The van der Waals surface area contributed by atoms with E-state index in [4.69, 9.17) is 17.3 Å². The van der Waals surface area contributed by atoms with Crippen molar-refractivity contribution in [2.75, 3.05) is 4.90 Å². The number of amides is 1. The molecule has 4 atom stereocenters. The molecule has 0 aromatic heterocycles. The van der Waals surface area contributed by atoms with E-state index in [9.17, 15) is 19.2 Å². The number of nitriles is 1. The highest BCUT2D eigenvalue weighted by atomic mass is 35.5. The summed E-state index contributed by atoms with van der Waals surface area (Å²) in [5.74, 6) is -2.54. The fourth-order valence-electron chi connectivity index (χ4n) is 5.26. The lowest BCUT2D eigenvalue weighted by molar-refractivity contribution is -0.125. The number of carbonyl (C=O) groups excluding carboxylic acids is 2. The number of nitrogens with zero attached hydrogens (tertiary/aromatic N) is 2. The van der Waals surface area contributed by atoms with Crippen LogP contribution in [0.5, 0.6) is 0 Å². The van der Waals surface area contributed by atoms with Gasteiger partial charge in [0.25, 0.3) is 0 Å². The highest BCUT2D eigenvalue weighted by molar-refractivity contribution is 6.30. The van der Waals surface area contributed by atoms with Gasteiger partial charge in [-0.1, -0.05) is 54.1 Å². The predicted octanol–water partition coefficient (Wildman–Crippen LogP) is 4.73. The minimum atomic E-state index is -1.77. The van der Waals surface area contributed by atoms with E-state index in [0.29, 0.717) is 21.8 Å². The Kier molecular flexibility index (Phi) is 5.22. The fourth-order valence-corrected chi connectivity index (χ4v) is 5.38. The lowest BCUT2D eigenvalue weighted by atomic mass is 9.67. The van der Waals surface area contributed by atoms with Gasteiger partial charge in [0, 0.05) is 22.2 Å². The average molecular weight is 472 g/mol. The van der Waals surface area contributed by atoms with Gasteiger partial charge in [-0.3, -0.25) is 9.59 Å². The number of para-hydroxylation sites is 1. The topological polar surface area (TPSA) is 87.2 Å². The Balaban J connectivity index is 1.80. The SMILES string of the molecule is N#C[C@]1(C(N)=O)[C@H](c2ccc(F)cc2)[C@H](C(=O)c2ccc(Cl)cc2)N2c3ccccc3C=C[C@H]21. The standard InChI is InChI=1S/C27H19ClFN3O2/c28-19-10-5-18(6-11-19)25(33)24-23(17-7-12-20(29)13-8-17)27(15-30,26(31)34)22-14-9-16-3-1-2-4-21(16)32(22)24/h1-14,22-24H,(H2,31,34)/t22-,23+,24+,27+/m0/s1. The number of anilines is 1. The van der Waals surface area contributed by atoms with E-state index < -0.39 is 35.1 Å². The van der Waals surface area contributed by atoms with Crippen LogP contribution in [0.15, 0.2) is 78.9 Å². The summed E-state index contributed by atoms with van der Waals surface area (Å²) < 4.78 is 13.8. The maximum atomic E-state index is 14.1. The van der Waals surface area contributed by atoms with Gasteiger partial charge < -0.3 is 10.6 Å². The minimum Gasteiger partial charge on any atom is -0.368 e. The Morgan fingerprint density at radius 3 is 2.35 bits per heavy atom. The summed E-state index contributed by atoms with van der Waals surface area (Å²) in [5, 5.41) is 10.9. The van der Waals surface area contributed by atoms with Crippen LogP contribution in [-0.2, 0) is 4.79 Å². The van der Waals surface area contributed by atoms with Crippen molar-refractivity contribution in [2.45, 2.75) is 18.0 Å². The van der Waals surface area contributed by atoms with Gasteiger partial charge in [-0.05, 0) is 53.6 Å². The Morgan fingerprint density at radius 1 is 1.03 bits per heavy atom. The highest BCUT2D eigenvalue weighted by Crippen LogP contribution is 2.55. The van der Waals surface area contributed by atoms with Crippen molar-refractivity contribution >= 4 is 35.1 Å². The molecule has 2 N–H and O–H groups in total. The number of rotatable bonds is 4. The lowest BCUT2D eigenvalue weighted by Gasteiger charge is -2.36. The second-order valence-electron chi connectivity index (χ2n) is 8.46. The summed E-state index contributed by atoms with van der Waals surface area (Å²) in [5.41, 5.74) is 6.58. The van der Waals surface area contributed by atoms with Crippen LogP contribution in [0.2, 0.25) is 5.02 Å². The van der Waals surface area contributed by atoms with Gasteiger partial charge in [-0.15, -0.1) is 0 Å². The smallest absolute Gasteiger partial charge is 0.241 e. The monoisotopic (exact) mass is 471 g/mol. The summed E-state index contributed by atoms with van der Waals surface area (Å²) in [6, 6.07) is 19.9. The zero-order valence-corrected chi connectivity index (χ0v) is 18.6. The molecule has 7 heteroatoms. The predicted molar refractivity (Wildman–Crippen MR) is 128 cm³/mol. The van der Waals surface area contributed by atoms with E-state index in [-0.39, 0.29) is 5.78 Å². The van der Waals surface area contributed by atoms with Gasteiger partial charge in [0.1, 0.15) is 11.9 Å². The first kappa shape index (κ1) is 21.9. The molecule has 1 fully saturated rings. The second-order valence-corrected chi connectivity index (χ2v) is 8.90. The number of hydrogen-bond acceptors (Lipinski definition) is 4. The van der Waals surface area contributed by atoms with Gasteiger partial charge in [-0.25, -0.2) is 4.39 Å². The third-order valence-electron chi connectivity index (χ3n) is 6.76. The first-order valence-electron chi connectivity index (χ1n) is 10.7. The molecular formula is C27H19ClFN3O2. The van der Waals surface area contributed by atoms with Crippen molar-refractivity contribution < 1.29 is 14.0 Å². The summed E-state index contributed by atoms with van der Waals surface area (Å²) in [6.45, 7) is 0. The molecule has 2 aliphatic heterocycles. The molecule has 0 spiro atoms. The molecule has 0 aliphatic carbocycles. The molecule has 168 valence electrons. The van der Waals surface area contributed by atoms with Gasteiger partial charge >= 0.3 is 0 Å². The van der Waals surface area contributed by atoms with Crippen LogP contribution in [0.3, 0.4) is 0 Å². The van der Waals surface area contributed by atoms with Gasteiger partial charge in [-0.2, -0.15) is 5.26 Å². The molecule has 3 aromatic carbocycles. The summed E-state index contributed by atoms with van der Waals surface area (Å²) in [6.07, 6.45) is 3.59. The first-order valence-corrected chi connectivity index (χ1v) is 11.1. The highest BCUT2D eigenvalue weighted by Gasteiger charge is 2.65. The van der Waals surface area contributed by atoms with Crippen LogP contribution in [0.25, 0.3) is 6.08 Å². The maximum absolute atomic E-state index is 14.1.